The molecule has 0 spiro atoms. The molecule has 0 bridgehead atoms. The van der Waals surface area contributed by atoms with Crippen molar-refractivity contribution in [3.05, 3.63) is 29.4 Å². The maximum Gasteiger partial charge on any atom is 0.248 e. The van der Waals surface area contributed by atoms with E-state index in [-0.39, 0.29) is 18.8 Å². The molecule has 1 heterocycles. The van der Waals surface area contributed by atoms with Gasteiger partial charge in [0.05, 0.1) is 5.52 Å². The van der Waals surface area contributed by atoms with Crippen LogP contribution in [0.25, 0.3) is 10.9 Å². The number of benzene rings is 1. The zero-order valence-corrected chi connectivity index (χ0v) is 9.79. The lowest BCUT2D eigenvalue weighted by Gasteiger charge is -2.34. The maximum absolute atomic E-state index is 12.7. The zero-order valence-electron chi connectivity index (χ0n) is 9.04. The van der Waals surface area contributed by atoms with Crippen molar-refractivity contribution in [2.24, 2.45) is 5.92 Å². The number of aromatic nitrogens is 2. The second-order valence-corrected chi connectivity index (χ2v) is 5.12. The summed E-state index contributed by atoms with van der Waals surface area (Å²) in [7, 11) is 0. The Morgan fingerprint density at radius 1 is 1.41 bits per heavy atom. The molecule has 0 N–H and O–H groups in total. The maximum atomic E-state index is 12.7. The fraction of sp³-hybridized carbons (Fsp3) is 0.417. The number of hydrogen-bond acceptors (Lipinski definition) is 1. The van der Waals surface area contributed by atoms with E-state index in [1.54, 1.807) is 16.8 Å². The van der Waals surface area contributed by atoms with E-state index in [1.807, 2.05) is 12.3 Å². The molecule has 1 saturated carbocycles. The summed E-state index contributed by atoms with van der Waals surface area (Å²) in [6.45, 7) is 0.557. The minimum absolute atomic E-state index is 0.0238. The Morgan fingerprint density at radius 3 is 2.88 bits per heavy atom. The quantitative estimate of drug-likeness (QED) is 0.800. The second-order valence-electron chi connectivity index (χ2n) is 4.68. The van der Waals surface area contributed by atoms with E-state index < -0.39 is 5.92 Å². The van der Waals surface area contributed by atoms with Gasteiger partial charge in [0.15, 0.2) is 0 Å². The average molecular weight is 257 g/mol. The average Bonchev–Trinajstić information content (AvgIpc) is 2.56. The van der Waals surface area contributed by atoms with E-state index in [1.165, 1.54) is 0 Å². The predicted molar refractivity (Wildman–Crippen MR) is 62.4 cm³/mol. The molecule has 0 amide bonds. The molecular weight excluding hydrogens is 246 g/mol. The van der Waals surface area contributed by atoms with Gasteiger partial charge in [-0.15, -0.1) is 0 Å². The highest BCUT2D eigenvalue weighted by Gasteiger charge is 2.45. The Balaban J connectivity index is 1.78. The lowest BCUT2D eigenvalue weighted by atomic mass is 9.81. The van der Waals surface area contributed by atoms with Crippen LogP contribution in [0.3, 0.4) is 0 Å². The third kappa shape index (κ3) is 2.14. The summed E-state index contributed by atoms with van der Waals surface area (Å²) in [5, 5.41) is 5.95. The van der Waals surface area contributed by atoms with Crippen molar-refractivity contribution in [1.82, 2.24) is 9.78 Å². The van der Waals surface area contributed by atoms with Gasteiger partial charge in [-0.05, 0) is 24.1 Å². The lowest BCUT2D eigenvalue weighted by Crippen LogP contribution is -2.37. The van der Waals surface area contributed by atoms with Gasteiger partial charge in [0.2, 0.25) is 5.92 Å². The zero-order chi connectivity index (χ0) is 12.0. The Bertz CT molecular complexity index is 557. The third-order valence-corrected chi connectivity index (χ3v) is 3.37. The van der Waals surface area contributed by atoms with E-state index >= 15 is 0 Å². The highest BCUT2D eigenvalue weighted by Crippen LogP contribution is 2.43. The summed E-state index contributed by atoms with van der Waals surface area (Å²) in [4.78, 5) is 0. The van der Waals surface area contributed by atoms with Crippen LogP contribution in [-0.2, 0) is 6.54 Å². The first kappa shape index (κ1) is 11.0. The SMILES string of the molecule is FC1(F)CC(Cn2cc3ccc(Cl)cc3n2)C1. The van der Waals surface area contributed by atoms with E-state index in [0.29, 0.717) is 11.6 Å². The highest BCUT2D eigenvalue weighted by molar-refractivity contribution is 6.31. The molecule has 2 nitrogen and oxygen atoms in total. The van der Waals surface area contributed by atoms with Gasteiger partial charge in [0.1, 0.15) is 0 Å². The number of nitrogens with zero attached hydrogens (tertiary/aromatic N) is 2. The van der Waals surface area contributed by atoms with Crippen molar-refractivity contribution in [3.8, 4) is 0 Å². The molecule has 0 unspecified atom stereocenters. The van der Waals surface area contributed by atoms with Gasteiger partial charge in [-0.25, -0.2) is 8.78 Å². The van der Waals surface area contributed by atoms with Gasteiger partial charge in [0, 0.05) is 36.0 Å². The molecular formula is C12H11ClF2N2. The molecule has 0 saturated heterocycles. The largest absolute Gasteiger partial charge is 0.271 e. The van der Waals surface area contributed by atoms with Crippen molar-refractivity contribution in [1.29, 1.82) is 0 Å². The minimum atomic E-state index is -2.46. The van der Waals surface area contributed by atoms with E-state index in [0.717, 1.165) is 10.9 Å². The van der Waals surface area contributed by atoms with Gasteiger partial charge in [-0.1, -0.05) is 11.6 Å². The summed E-state index contributed by atoms with van der Waals surface area (Å²) in [6.07, 6.45) is 1.83. The van der Waals surface area contributed by atoms with Crippen LogP contribution in [0.1, 0.15) is 12.8 Å². The summed E-state index contributed by atoms with van der Waals surface area (Å²) >= 11 is 5.86. The van der Waals surface area contributed by atoms with Gasteiger partial charge in [0.25, 0.3) is 0 Å². The minimum Gasteiger partial charge on any atom is -0.271 e. The van der Waals surface area contributed by atoms with Gasteiger partial charge >= 0.3 is 0 Å². The molecule has 1 aliphatic rings. The first-order valence-corrected chi connectivity index (χ1v) is 5.90. The van der Waals surface area contributed by atoms with Crippen LogP contribution >= 0.6 is 11.6 Å². The molecule has 2 aromatic rings. The third-order valence-electron chi connectivity index (χ3n) is 3.14. The molecule has 1 fully saturated rings. The van der Waals surface area contributed by atoms with Crippen LogP contribution in [0.4, 0.5) is 8.78 Å². The number of hydrogen-bond donors (Lipinski definition) is 0. The molecule has 3 rings (SSSR count). The Labute approximate surface area is 102 Å². The summed E-state index contributed by atoms with van der Waals surface area (Å²) in [5.74, 6) is -2.42. The highest BCUT2D eigenvalue weighted by atomic mass is 35.5. The van der Waals surface area contributed by atoms with Crippen LogP contribution in [0, 0.1) is 5.92 Å². The smallest absolute Gasteiger partial charge is 0.248 e. The first-order valence-electron chi connectivity index (χ1n) is 5.52. The monoisotopic (exact) mass is 256 g/mol. The molecule has 5 heteroatoms. The fourth-order valence-electron chi connectivity index (χ4n) is 2.31. The van der Waals surface area contributed by atoms with Crippen molar-refractivity contribution >= 4 is 22.5 Å². The van der Waals surface area contributed by atoms with Crippen LogP contribution in [0.2, 0.25) is 5.02 Å². The normalized spacial score (nSPS) is 19.5. The molecule has 0 radical (unpaired) electrons. The van der Waals surface area contributed by atoms with Crippen LogP contribution in [-0.4, -0.2) is 15.7 Å². The van der Waals surface area contributed by atoms with Crippen LogP contribution in [0.5, 0.6) is 0 Å². The summed E-state index contributed by atoms with van der Waals surface area (Å²) in [5.41, 5.74) is 0.809. The lowest BCUT2D eigenvalue weighted by molar-refractivity contribution is -0.114. The van der Waals surface area contributed by atoms with E-state index in [4.69, 9.17) is 11.6 Å². The summed E-state index contributed by atoms with van der Waals surface area (Å²) in [6, 6.07) is 5.46. The van der Waals surface area contributed by atoms with Crippen molar-refractivity contribution in [3.63, 3.8) is 0 Å². The molecule has 1 aromatic carbocycles. The number of fused-ring (bicyclic) bond motifs is 1. The second kappa shape index (κ2) is 3.67. The number of rotatable bonds is 2. The first-order chi connectivity index (χ1) is 8.02. The van der Waals surface area contributed by atoms with Crippen LogP contribution < -0.4 is 0 Å². The van der Waals surface area contributed by atoms with Crippen LogP contribution in [0.15, 0.2) is 24.4 Å². The molecule has 17 heavy (non-hydrogen) atoms. The fourth-order valence-corrected chi connectivity index (χ4v) is 2.48. The predicted octanol–water partition coefficient (Wildman–Crippen LogP) is 3.74. The Hall–Kier alpha value is -1.16. The Morgan fingerprint density at radius 2 is 2.18 bits per heavy atom. The standard InChI is InChI=1S/C12H11ClF2N2/c13-10-2-1-9-7-17(16-11(9)3-10)6-8-4-12(14,15)5-8/h1-3,7-8H,4-6H2. The molecule has 0 aliphatic heterocycles. The Kier molecular flexibility index (Phi) is 2.36. The summed E-state index contributed by atoms with van der Waals surface area (Å²) < 4.78 is 27.1. The number of alkyl halides is 2. The van der Waals surface area contributed by atoms with Gasteiger partial charge in [-0.2, -0.15) is 5.10 Å². The molecule has 0 atom stereocenters. The van der Waals surface area contributed by atoms with Crippen molar-refractivity contribution < 1.29 is 8.78 Å². The van der Waals surface area contributed by atoms with Gasteiger partial charge < -0.3 is 0 Å². The van der Waals surface area contributed by atoms with Crippen molar-refractivity contribution in [2.75, 3.05) is 0 Å². The van der Waals surface area contributed by atoms with E-state index in [9.17, 15) is 8.78 Å². The molecule has 1 aromatic heterocycles. The topological polar surface area (TPSA) is 17.8 Å². The molecule has 90 valence electrons. The molecule has 1 aliphatic carbocycles. The van der Waals surface area contributed by atoms with E-state index in [2.05, 4.69) is 5.10 Å². The number of halogens is 3. The van der Waals surface area contributed by atoms with Gasteiger partial charge in [-0.3, -0.25) is 4.68 Å². The van der Waals surface area contributed by atoms with Crippen molar-refractivity contribution in [2.45, 2.75) is 25.3 Å².